The van der Waals surface area contributed by atoms with Crippen molar-refractivity contribution in [2.24, 2.45) is 0 Å². The fraction of sp³-hybridized carbons (Fsp3) is 0.571. The number of hydrogen-bond acceptors (Lipinski definition) is 4. The first-order valence-electron chi connectivity index (χ1n) is 6.63. The second-order valence-corrected chi connectivity index (χ2v) is 5.01. The number of aryl methyl sites for hydroxylation is 1. The number of carboxylic acid groups (broad SMARTS) is 1. The first-order chi connectivity index (χ1) is 9.01. The van der Waals surface area contributed by atoms with Gasteiger partial charge in [0, 0.05) is 12.2 Å². The molecule has 1 saturated heterocycles. The van der Waals surface area contributed by atoms with Crippen LogP contribution in [0.25, 0.3) is 0 Å². The summed E-state index contributed by atoms with van der Waals surface area (Å²) in [5.74, 6) is -0.174. The molecule has 0 saturated carbocycles. The summed E-state index contributed by atoms with van der Waals surface area (Å²) in [5, 5.41) is 9.17. The second-order valence-electron chi connectivity index (χ2n) is 5.01. The van der Waals surface area contributed by atoms with Crippen molar-refractivity contribution in [2.45, 2.75) is 39.3 Å². The third-order valence-electron chi connectivity index (χ3n) is 3.38. The van der Waals surface area contributed by atoms with Crippen molar-refractivity contribution in [3.8, 4) is 0 Å². The molecule has 0 radical (unpaired) electrons. The van der Waals surface area contributed by atoms with E-state index in [-0.39, 0.29) is 12.1 Å². The Morgan fingerprint density at radius 2 is 2.26 bits per heavy atom. The zero-order chi connectivity index (χ0) is 14.0. The van der Waals surface area contributed by atoms with Gasteiger partial charge in [0.05, 0.1) is 24.3 Å². The number of carbonyl (C=O) groups is 1. The number of carboxylic acids is 1. The van der Waals surface area contributed by atoms with Crippen LogP contribution in [0.3, 0.4) is 0 Å². The van der Waals surface area contributed by atoms with Crippen molar-refractivity contribution in [3.05, 3.63) is 23.4 Å². The van der Waals surface area contributed by atoms with Gasteiger partial charge in [-0.15, -0.1) is 0 Å². The molecule has 5 nitrogen and oxygen atoms in total. The van der Waals surface area contributed by atoms with Crippen molar-refractivity contribution < 1.29 is 14.6 Å². The molecule has 2 heterocycles. The van der Waals surface area contributed by atoms with Gasteiger partial charge < -0.3 is 14.7 Å². The number of morpholine rings is 1. The monoisotopic (exact) mass is 264 g/mol. The van der Waals surface area contributed by atoms with Crippen LogP contribution >= 0.6 is 0 Å². The maximum atomic E-state index is 11.2. The highest BCUT2D eigenvalue weighted by Gasteiger charge is 2.25. The minimum atomic E-state index is -0.910. The van der Waals surface area contributed by atoms with Crippen molar-refractivity contribution in [1.29, 1.82) is 0 Å². The average Bonchev–Trinajstić information content (AvgIpc) is 2.40. The predicted octanol–water partition coefficient (Wildman–Crippen LogP) is 1.96. The maximum Gasteiger partial charge on any atom is 0.335 e. The average molecular weight is 264 g/mol. The topological polar surface area (TPSA) is 62.7 Å². The summed E-state index contributed by atoms with van der Waals surface area (Å²) in [4.78, 5) is 17.9. The van der Waals surface area contributed by atoms with Gasteiger partial charge in [-0.25, -0.2) is 9.78 Å². The van der Waals surface area contributed by atoms with Gasteiger partial charge >= 0.3 is 5.97 Å². The lowest BCUT2D eigenvalue weighted by Crippen LogP contribution is -2.47. The number of nitrogens with zero attached hydrogens (tertiary/aromatic N) is 2. The zero-order valence-electron chi connectivity index (χ0n) is 11.6. The number of rotatable bonds is 3. The summed E-state index contributed by atoms with van der Waals surface area (Å²) in [6.45, 7) is 7.43. The van der Waals surface area contributed by atoms with E-state index in [1.165, 1.54) is 0 Å². The first kappa shape index (κ1) is 13.8. The van der Waals surface area contributed by atoms with E-state index in [1.807, 2.05) is 13.8 Å². The lowest BCUT2D eigenvalue weighted by atomic mass is 10.1. The van der Waals surface area contributed by atoms with Crippen LogP contribution in [-0.2, 0) is 11.2 Å². The van der Waals surface area contributed by atoms with Crippen LogP contribution in [0.1, 0.15) is 36.8 Å². The summed E-state index contributed by atoms with van der Waals surface area (Å²) in [5.41, 5.74) is 1.11. The SMILES string of the molecule is CCc1cc(C(=O)O)cc(N2CC(C)OCC2C)n1. The lowest BCUT2D eigenvalue weighted by Gasteiger charge is -2.37. The molecule has 1 fully saturated rings. The quantitative estimate of drug-likeness (QED) is 0.904. The molecule has 1 aliphatic heterocycles. The summed E-state index contributed by atoms with van der Waals surface area (Å²) >= 11 is 0. The van der Waals surface area contributed by atoms with Crippen LogP contribution < -0.4 is 4.90 Å². The molecular weight excluding hydrogens is 244 g/mol. The summed E-state index contributed by atoms with van der Waals surface area (Å²) in [6.07, 6.45) is 0.860. The molecule has 0 aliphatic carbocycles. The molecule has 0 aromatic carbocycles. The van der Waals surface area contributed by atoms with E-state index in [1.54, 1.807) is 12.1 Å². The highest BCUT2D eigenvalue weighted by molar-refractivity contribution is 5.88. The predicted molar refractivity (Wildman–Crippen MR) is 72.8 cm³/mol. The highest BCUT2D eigenvalue weighted by atomic mass is 16.5. The van der Waals surface area contributed by atoms with Crippen molar-refractivity contribution in [3.63, 3.8) is 0 Å². The van der Waals surface area contributed by atoms with Crippen molar-refractivity contribution >= 4 is 11.8 Å². The normalized spacial score (nSPS) is 23.4. The molecule has 1 aromatic heterocycles. The molecule has 1 aliphatic rings. The number of hydrogen-bond donors (Lipinski definition) is 1. The van der Waals surface area contributed by atoms with Crippen LogP contribution in [0, 0.1) is 0 Å². The Hall–Kier alpha value is -1.62. The van der Waals surface area contributed by atoms with E-state index in [2.05, 4.69) is 16.8 Å². The van der Waals surface area contributed by atoms with Gasteiger partial charge in [-0.3, -0.25) is 0 Å². The van der Waals surface area contributed by atoms with Crippen LogP contribution in [0.5, 0.6) is 0 Å². The summed E-state index contributed by atoms with van der Waals surface area (Å²) < 4.78 is 5.59. The first-order valence-corrected chi connectivity index (χ1v) is 6.63. The summed E-state index contributed by atoms with van der Waals surface area (Å²) in [6, 6.07) is 3.49. The van der Waals surface area contributed by atoms with E-state index in [9.17, 15) is 9.90 Å². The third kappa shape index (κ3) is 3.04. The number of anilines is 1. The maximum absolute atomic E-state index is 11.2. The Balaban J connectivity index is 2.37. The molecule has 0 bridgehead atoms. The van der Waals surface area contributed by atoms with E-state index < -0.39 is 5.97 Å². The number of pyridine rings is 1. The van der Waals surface area contributed by atoms with E-state index >= 15 is 0 Å². The van der Waals surface area contributed by atoms with Crippen LogP contribution in [0.2, 0.25) is 0 Å². The van der Waals surface area contributed by atoms with E-state index in [0.717, 1.165) is 24.5 Å². The molecule has 2 rings (SSSR count). The molecule has 5 heteroatoms. The molecule has 19 heavy (non-hydrogen) atoms. The van der Waals surface area contributed by atoms with Gasteiger partial charge in [-0.05, 0) is 32.4 Å². The molecule has 1 aromatic rings. The van der Waals surface area contributed by atoms with Gasteiger partial charge in [0.1, 0.15) is 5.82 Å². The zero-order valence-corrected chi connectivity index (χ0v) is 11.6. The second kappa shape index (κ2) is 5.57. The Bertz CT molecular complexity index is 476. The Kier molecular flexibility index (Phi) is 4.04. The van der Waals surface area contributed by atoms with Gasteiger partial charge in [0.25, 0.3) is 0 Å². The number of aromatic nitrogens is 1. The Labute approximate surface area is 113 Å². The van der Waals surface area contributed by atoms with Crippen molar-refractivity contribution in [1.82, 2.24) is 4.98 Å². The molecule has 0 spiro atoms. The third-order valence-corrected chi connectivity index (χ3v) is 3.38. The minimum absolute atomic E-state index is 0.136. The smallest absolute Gasteiger partial charge is 0.335 e. The van der Waals surface area contributed by atoms with Gasteiger partial charge in [0.15, 0.2) is 0 Å². The highest BCUT2D eigenvalue weighted by Crippen LogP contribution is 2.22. The largest absolute Gasteiger partial charge is 0.478 e. The van der Waals surface area contributed by atoms with Crippen LogP contribution in [0.4, 0.5) is 5.82 Å². The van der Waals surface area contributed by atoms with E-state index in [0.29, 0.717) is 12.2 Å². The molecule has 2 atom stereocenters. The standard InChI is InChI=1S/C14H20N2O3/c1-4-12-5-11(14(17)18)6-13(15-12)16-7-10(3)19-8-9(16)2/h5-6,9-10H,4,7-8H2,1-3H3,(H,17,18). The fourth-order valence-corrected chi connectivity index (χ4v) is 2.25. The molecule has 2 unspecified atom stereocenters. The van der Waals surface area contributed by atoms with Gasteiger partial charge in [-0.2, -0.15) is 0 Å². The number of aromatic carboxylic acids is 1. The number of ether oxygens (including phenoxy) is 1. The minimum Gasteiger partial charge on any atom is -0.478 e. The Morgan fingerprint density at radius 1 is 1.53 bits per heavy atom. The van der Waals surface area contributed by atoms with Crippen LogP contribution in [0.15, 0.2) is 12.1 Å². The molecule has 0 amide bonds. The molecule has 104 valence electrons. The lowest BCUT2D eigenvalue weighted by molar-refractivity contribution is 0.0340. The van der Waals surface area contributed by atoms with Crippen molar-refractivity contribution in [2.75, 3.05) is 18.1 Å². The Morgan fingerprint density at radius 3 is 2.89 bits per heavy atom. The van der Waals surface area contributed by atoms with Gasteiger partial charge in [0.2, 0.25) is 0 Å². The molecule has 1 N–H and O–H groups in total. The van der Waals surface area contributed by atoms with E-state index in [4.69, 9.17) is 4.74 Å². The van der Waals surface area contributed by atoms with Crippen LogP contribution in [-0.4, -0.2) is 41.4 Å². The molecular formula is C14H20N2O3. The summed E-state index contributed by atoms with van der Waals surface area (Å²) in [7, 11) is 0. The fourth-order valence-electron chi connectivity index (χ4n) is 2.25. The van der Waals surface area contributed by atoms with Gasteiger partial charge in [-0.1, -0.05) is 6.92 Å².